The second kappa shape index (κ2) is 7.17. The number of hydrogen-bond acceptors (Lipinski definition) is 4. The minimum Gasteiger partial charge on any atom is -0.328 e. The van der Waals surface area contributed by atoms with Crippen LogP contribution >= 0.6 is 0 Å². The van der Waals surface area contributed by atoms with E-state index in [0.717, 1.165) is 12.8 Å². The first-order chi connectivity index (χ1) is 11.5. The molecule has 0 spiro atoms. The largest absolute Gasteiger partial charge is 0.328 e. The molecular weight excluding hydrogens is 338 g/mol. The molecular formula is C19H29NO4S. The number of carbonyl (C=O) groups is 1. The van der Waals surface area contributed by atoms with Gasteiger partial charge >= 0.3 is 0 Å². The van der Waals surface area contributed by atoms with E-state index in [-0.39, 0.29) is 23.2 Å². The fourth-order valence-electron chi connectivity index (χ4n) is 4.41. The first-order valence-corrected chi connectivity index (χ1v) is 10.4. The second-order valence-electron chi connectivity index (χ2n) is 8.06. The average Bonchev–Trinajstić information content (AvgIpc) is 2.80. The van der Waals surface area contributed by atoms with Crippen molar-refractivity contribution in [3.8, 4) is 0 Å². The van der Waals surface area contributed by atoms with E-state index in [9.17, 15) is 13.2 Å². The van der Waals surface area contributed by atoms with E-state index in [1.807, 2.05) is 39.0 Å². The molecule has 0 aromatic heterocycles. The Hall–Kier alpha value is -1.24. The molecule has 5 nitrogen and oxygen atoms in total. The molecule has 3 rings (SSSR count). The molecule has 0 radical (unpaired) electrons. The van der Waals surface area contributed by atoms with Crippen LogP contribution in [-0.4, -0.2) is 30.5 Å². The number of fused-ring (bicyclic) bond motifs is 2. The average molecular weight is 368 g/mol. The first-order valence-electron chi connectivity index (χ1n) is 8.76. The van der Waals surface area contributed by atoms with Crippen LogP contribution in [0.3, 0.4) is 0 Å². The van der Waals surface area contributed by atoms with Crippen molar-refractivity contribution in [3.63, 3.8) is 0 Å². The molecule has 2 fully saturated rings. The molecule has 1 aromatic rings. The van der Waals surface area contributed by atoms with E-state index < -0.39 is 21.3 Å². The highest BCUT2D eigenvalue weighted by atomic mass is 32.2. The summed E-state index contributed by atoms with van der Waals surface area (Å²) in [6, 6.07) is 10.6. The van der Waals surface area contributed by atoms with E-state index in [1.54, 1.807) is 0 Å². The molecule has 0 aliphatic heterocycles. The molecule has 25 heavy (non-hydrogen) atoms. The van der Waals surface area contributed by atoms with Gasteiger partial charge < -0.3 is 5.73 Å². The van der Waals surface area contributed by atoms with Crippen molar-refractivity contribution in [1.82, 2.24) is 0 Å². The van der Waals surface area contributed by atoms with Crippen LogP contribution in [0.15, 0.2) is 30.3 Å². The number of Topliss-reactive ketones (excluding diaryl/α,β-unsaturated/α-hetero) is 1. The van der Waals surface area contributed by atoms with Gasteiger partial charge in [0.05, 0.1) is 11.2 Å². The highest BCUT2D eigenvalue weighted by Gasteiger charge is 2.65. The van der Waals surface area contributed by atoms with Gasteiger partial charge in [0.25, 0.3) is 10.1 Å². The van der Waals surface area contributed by atoms with Crippen LogP contribution in [0.4, 0.5) is 0 Å². The normalized spacial score (nSPS) is 28.4. The van der Waals surface area contributed by atoms with Crippen LogP contribution < -0.4 is 5.73 Å². The van der Waals surface area contributed by atoms with Crippen molar-refractivity contribution >= 4 is 15.9 Å². The summed E-state index contributed by atoms with van der Waals surface area (Å²) in [7, 11) is -4.08. The van der Waals surface area contributed by atoms with Crippen LogP contribution in [0.1, 0.15) is 45.6 Å². The van der Waals surface area contributed by atoms with Crippen LogP contribution in [0.2, 0.25) is 0 Å². The van der Waals surface area contributed by atoms with Crippen LogP contribution in [-0.2, 0) is 21.3 Å². The highest BCUT2D eigenvalue weighted by molar-refractivity contribution is 7.85. The number of rotatable bonds is 4. The number of benzene rings is 1. The SMILES string of the molecule is CC(N)Cc1ccccc1.CC1(C)[C@H]2CC[C@]1(CS(=O)(=O)O)C(=O)C2. The Bertz CT molecular complexity index is 712. The molecule has 0 heterocycles. The quantitative estimate of drug-likeness (QED) is 0.798. The second-order valence-corrected chi connectivity index (χ2v) is 9.51. The number of hydrogen-bond donors (Lipinski definition) is 2. The van der Waals surface area contributed by atoms with Crippen LogP contribution in [0.5, 0.6) is 0 Å². The maximum Gasteiger partial charge on any atom is 0.265 e. The predicted octanol–water partition coefficient (Wildman–Crippen LogP) is 2.85. The lowest BCUT2D eigenvalue weighted by Gasteiger charge is -2.35. The summed E-state index contributed by atoms with van der Waals surface area (Å²) in [4.78, 5) is 11.9. The van der Waals surface area contributed by atoms with Crippen molar-refractivity contribution in [2.45, 2.75) is 52.5 Å². The summed E-state index contributed by atoms with van der Waals surface area (Å²) >= 11 is 0. The van der Waals surface area contributed by atoms with E-state index in [4.69, 9.17) is 10.3 Å². The Morgan fingerprint density at radius 2 is 1.88 bits per heavy atom. The molecule has 2 saturated carbocycles. The van der Waals surface area contributed by atoms with Crippen molar-refractivity contribution in [2.75, 3.05) is 5.75 Å². The molecule has 2 aliphatic carbocycles. The van der Waals surface area contributed by atoms with Crippen molar-refractivity contribution in [2.24, 2.45) is 22.5 Å². The molecule has 0 saturated heterocycles. The third kappa shape index (κ3) is 4.30. The number of carbonyl (C=O) groups excluding carboxylic acids is 1. The molecule has 1 unspecified atom stereocenters. The smallest absolute Gasteiger partial charge is 0.265 e. The summed E-state index contributed by atoms with van der Waals surface area (Å²) < 4.78 is 31.0. The standard InChI is InChI=1S/C10H16O4S.C9H13N/c1-9(2)7-3-4-10(9,8(11)5-7)6-15(12,13)14;1-8(10)7-9-5-3-2-4-6-9/h7H,3-6H2,1-2H3,(H,12,13,14);2-6,8H,7,10H2,1H3/t7-,10-;/m0./s1. The van der Waals surface area contributed by atoms with E-state index in [0.29, 0.717) is 12.8 Å². The maximum atomic E-state index is 11.9. The number of ketones is 1. The Morgan fingerprint density at radius 1 is 1.28 bits per heavy atom. The van der Waals surface area contributed by atoms with Gasteiger partial charge in [-0.2, -0.15) is 8.42 Å². The molecule has 140 valence electrons. The van der Waals surface area contributed by atoms with Gasteiger partial charge in [-0.25, -0.2) is 0 Å². The Kier molecular flexibility index (Phi) is 5.76. The van der Waals surface area contributed by atoms with Crippen molar-refractivity contribution < 1.29 is 17.8 Å². The zero-order valence-corrected chi connectivity index (χ0v) is 16.1. The van der Waals surface area contributed by atoms with Gasteiger partial charge in [-0.15, -0.1) is 0 Å². The summed E-state index contributed by atoms with van der Waals surface area (Å²) in [6.45, 7) is 5.91. The predicted molar refractivity (Wildman–Crippen MR) is 98.8 cm³/mol. The topological polar surface area (TPSA) is 97.5 Å². The highest BCUT2D eigenvalue weighted by Crippen LogP contribution is 2.64. The van der Waals surface area contributed by atoms with E-state index >= 15 is 0 Å². The Labute approximate surface area is 150 Å². The summed E-state index contributed by atoms with van der Waals surface area (Å²) in [5, 5.41) is 0. The van der Waals surface area contributed by atoms with Gasteiger partial charge in [-0.1, -0.05) is 44.2 Å². The number of nitrogens with two attached hydrogens (primary N) is 1. The van der Waals surface area contributed by atoms with Crippen LogP contribution in [0.25, 0.3) is 0 Å². The van der Waals surface area contributed by atoms with Gasteiger partial charge in [0, 0.05) is 12.5 Å². The minimum absolute atomic E-state index is 0.0152. The molecule has 3 atom stereocenters. The third-order valence-electron chi connectivity index (χ3n) is 5.97. The molecule has 1 aromatic carbocycles. The lowest BCUT2D eigenvalue weighted by Crippen LogP contribution is -2.42. The summed E-state index contributed by atoms with van der Waals surface area (Å²) in [5.41, 5.74) is 5.82. The third-order valence-corrected chi connectivity index (χ3v) is 6.83. The zero-order valence-electron chi connectivity index (χ0n) is 15.2. The van der Waals surface area contributed by atoms with Crippen LogP contribution in [0, 0.1) is 16.7 Å². The van der Waals surface area contributed by atoms with Gasteiger partial charge in [-0.05, 0) is 43.1 Å². The zero-order chi connectivity index (χ0) is 18.9. The summed E-state index contributed by atoms with van der Waals surface area (Å²) in [5.74, 6) is -0.101. The van der Waals surface area contributed by atoms with Gasteiger partial charge in [-0.3, -0.25) is 9.35 Å². The molecule has 2 bridgehead atoms. The fraction of sp³-hybridized carbons (Fsp3) is 0.632. The van der Waals surface area contributed by atoms with Gasteiger partial charge in [0.2, 0.25) is 0 Å². The fourth-order valence-corrected chi connectivity index (χ4v) is 5.71. The molecule has 2 aliphatic rings. The first kappa shape index (κ1) is 20.1. The lowest BCUT2D eigenvalue weighted by molar-refractivity contribution is -0.128. The van der Waals surface area contributed by atoms with Gasteiger partial charge in [0.1, 0.15) is 5.78 Å². The Morgan fingerprint density at radius 3 is 2.28 bits per heavy atom. The lowest BCUT2D eigenvalue weighted by atomic mass is 9.70. The van der Waals surface area contributed by atoms with Crippen molar-refractivity contribution in [1.29, 1.82) is 0 Å². The van der Waals surface area contributed by atoms with Gasteiger partial charge in [0.15, 0.2) is 0 Å². The molecule has 0 amide bonds. The minimum atomic E-state index is -4.08. The van der Waals surface area contributed by atoms with E-state index in [2.05, 4.69) is 12.1 Å². The summed E-state index contributed by atoms with van der Waals surface area (Å²) in [6.07, 6.45) is 2.95. The maximum absolute atomic E-state index is 11.9. The van der Waals surface area contributed by atoms with Crippen molar-refractivity contribution in [3.05, 3.63) is 35.9 Å². The molecule has 6 heteroatoms. The van der Waals surface area contributed by atoms with E-state index in [1.165, 1.54) is 5.56 Å². The Balaban J connectivity index is 0.000000196. The molecule has 3 N–H and O–H groups in total. The monoisotopic (exact) mass is 367 g/mol.